The standard InChI is InChI=1S/C18H19N3O2S/c1-3-17(22)21-13-7-6-12(2)14(9-13)19-11-18-20-10-15(23-18)16-5-4-8-24-16/h4-10,19H,3,11H2,1-2H3,(H,21,22). The minimum absolute atomic E-state index is 0.00176. The molecule has 124 valence electrons. The number of oxazole rings is 1. The van der Waals surface area contributed by atoms with Crippen molar-refractivity contribution >= 4 is 28.6 Å². The van der Waals surface area contributed by atoms with Crippen LogP contribution in [0.5, 0.6) is 0 Å². The molecule has 0 fully saturated rings. The monoisotopic (exact) mass is 341 g/mol. The number of carbonyl (C=O) groups excluding carboxylic acids is 1. The van der Waals surface area contributed by atoms with Gasteiger partial charge >= 0.3 is 0 Å². The molecule has 0 spiro atoms. The summed E-state index contributed by atoms with van der Waals surface area (Å²) in [6.07, 6.45) is 2.20. The maximum absolute atomic E-state index is 11.5. The van der Waals surface area contributed by atoms with Crippen molar-refractivity contribution in [3.8, 4) is 10.6 Å². The van der Waals surface area contributed by atoms with Crippen molar-refractivity contribution < 1.29 is 9.21 Å². The molecule has 0 radical (unpaired) electrons. The summed E-state index contributed by atoms with van der Waals surface area (Å²) in [5, 5.41) is 8.19. The maximum Gasteiger partial charge on any atom is 0.224 e. The van der Waals surface area contributed by atoms with E-state index in [4.69, 9.17) is 4.42 Å². The van der Waals surface area contributed by atoms with Gasteiger partial charge in [-0.25, -0.2) is 4.98 Å². The lowest BCUT2D eigenvalue weighted by molar-refractivity contribution is -0.115. The van der Waals surface area contributed by atoms with Gasteiger partial charge in [0.15, 0.2) is 5.76 Å². The zero-order valence-corrected chi connectivity index (χ0v) is 14.4. The lowest BCUT2D eigenvalue weighted by Crippen LogP contribution is -2.10. The SMILES string of the molecule is CCC(=O)Nc1ccc(C)c(NCc2ncc(-c3cccs3)o2)c1. The van der Waals surface area contributed by atoms with Crippen molar-refractivity contribution in [3.05, 3.63) is 53.4 Å². The molecule has 0 aliphatic carbocycles. The summed E-state index contributed by atoms with van der Waals surface area (Å²) in [4.78, 5) is 16.9. The Morgan fingerprint density at radius 1 is 1.33 bits per heavy atom. The quantitative estimate of drug-likeness (QED) is 0.683. The first-order valence-electron chi connectivity index (χ1n) is 7.78. The maximum atomic E-state index is 11.5. The van der Waals surface area contributed by atoms with Crippen molar-refractivity contribution in [2.45, 2.75) is 26.8 Å². The number of anilines is 2. The van der Waals surface area contributed by atoms with Gasteiger partial charge in [0.25, 0.3) is 0 Å². The molecule has 2 aromatic heterocycles. The zero-order valence-electron chi connectivity index (χ0n) is 13.6. The van der Waals surface area contributed by atoms with Crippen molar-refractivity contribution in [2.24, 2.45) is 0 Å². The Morgan fingerprint density at radius 2 is 2.21 bits per heavy atom. The van der Waals surface area contributed by atoms with E-state index in [1.165, 1.54) is 0 Å². The summed E-state index contributed by atoms with van der Waals surface area (Å²) in [6, 6.07) is 9.78. The lowest BCUT2D eigenvalue weighted by Gasteiger charge is -2.11. The van der Waals surface area contributed by atoms with Gasteiger partial charge in [0.1, 0.15) is 0 Å². The average molecular weight is 341 g/mol. The number of aryl methyl sites for hydroxylation is 1. The first kappa shape index (κ1) is 16.3. The summed E-state index contributed by atoms with van der Waals surface area (Å²) in [7, 11) is 0. The number of rotatable bonds is 6. The highest BCUT2D eigenvalue weighted by Gasteiger charge is 2.08. The minimum Gasteiger partial charge on any atom is -0.438 e. The number of nitrogens with one attached hydrogen (secondary N) is 2. The van der Waals surface area contributed by atoms with Crippen LogP contribution in [0.4, 0.5) is 11.4 Å². The molecule has 0 atom stereocenters. The van der Waals surface area contributed by atoms with Crippen LogP contribution in [0.2, 0.25) is 0 Å². The third-order valence-electron chi connectivity index (χ3n) is 3.59. The number of thiophene rings is 1. The predicted octanol–water partition coefficient (Wildman–Crippen LogP) is 4.67. The summed E-state index contributed by atoms with van der Waals surface area (Å²) in [5.41, 5.74) is 2.82. The van der Waals surface area contributed by atoms with Crippen LogP contribution in [0.3, 0.4) is 0 Å². The molecule has 1 aromatic carbocycles. The van der Waals surface area contributed by atoms with Crippen molar-refractivity contribution in [1.29, 1.82) is 0 Å². The lowest BCUT2D eigenvalue weighted by atomic mass is 10.1. The molecule has 1 amide bonds. The molecule has 0 saturated carbocycles. The molecule has 5 nitrogen and oxygen atoms in total. The highest BCUT2D eigenvalue weighted by molar-refractivity contribution is 7.13. The molecule has 24 heavy (non-hydrogen) atoms. The fourth-order valence-electron chi connectivity index (χ4n) is 2.24. The van der Waals surface area contributed by atoms with Gasteiger partial charge in [0.2, 0.25) is 11.8 Å². The first-order chi connectivity index (χ1) is 11.7. The zero-order chi connectivity index (χ0) is 16.9. The average Bonchev–Trinajstić information content (AvgIpc) is 3.26. The molecule has 6 heteroatoms. The number of hydrogen-bond acceptors (Lipinski definition) is 5. The fraction of sp³-hybridized carbons (Fsp3) is 0.222. The number of benzene rings is 1. The second kappa shape index (κ2) is 7.31. The fourth-order valence-corrected chi connectivity index (χ4v) is 2.91. The highest BCUT2D eigenvalue weighted by Crippen LogP contribution is 2.26. The van der Waals surface area contributed by atoms with E-state index in [2.05, 4.69) is 15.6 Å². The molecular weight excluding hydrogens is 322 g/mol. The van der Waals surface area contributed by atoms with Crippen LogP contribution in [-0.4, -0.2) is 10.9 Å². The van der Waals surface area contributed by atoms with E-state index in [0.717, 1.165) is 27.6 Å². The number of amides is 1. The second-order valence-corrected chi connectivity index (χ2v) is 6.33. The number of hydrogen-bond donors (Lipinski definition) is 2. The normalized spacial score (nSPS) is 10.6. The largest absolute Gasteiger partial charge is 0.438 e. The van der Waals surface area contributed by atoms with E-state index in [-0.39, 0.29) is 5.91 Å². The molecule has 2 N–H and O–H groups in total. The Hall–Kier alpha value is -2.60. The van der Waals surface area contributed by atoms with Gasteiger partial charge in [-0.1, -0.05) is 19.1 Å². The van der Waals surface area contributed by atoms with Gasteiger partial charge in [-0.2, -0.15) is 0 Å². The van der Waals surface area contributed by atoms with Crippen LogP contribution in [0.15, 0.2) is 46.3 Å². The Labute approximate surface area is 144 Å². The van der Waals surface area contributed by atoms with E-state index in [0.29, 0.717) is 18.9 Å². The Balaban J connectivity index is 1.68. The van der Waals surface area contributed by atoms with E-state index < -0.39 is 0 Å². The molecule has 2 heterocycles. The van der Waals surface area contributed by atoms with Gasteiger partial charge < -0.3 is 15.1 Å². The molecule has 3 rings (SSSR count). The van der Waals surface area contributed by atoms with Crippen molar-refractivity contribution in [2.75, 3.05) is 10.6 Å². The van der Waals surface area contributed by atoms with E-state index in [1.54, 1.807) is 17.5 Å². The van der Waals surface area contributed by atoms with Crippen LogP contribution in [-0.2, 0) is 11.3 Å². The first-order valence-corrected chi connectivity index (χ1v) is 8.66. The van der Waals surface area contributed by atoms with Gasteiger partial charge in [-0.3, -0.25) is 4.79 Å². The van der Waals surface area contributed by atoms with Gasteiger partial charge in [-0.05, 0) is 36.1 Å². The van der Waals surface area contributed by atoms with E-state index in [9.17, 15) is 4.79 Å². The third kappa shape index (κ3) is 3.83. The molecular formula is C18H19N3O2S. The smallest absolute Gasteiger partial charge is 0.224 e. The number of carbonyl (C=O) groups is 1. The van der Waals surface area contributed by atoms with Crippen LogP contribution in [0.1, 0.15) is 24.8 Å². The third-order valence-corrected chi connectivity index (χ3v) is 4.47. The summed E-state index contributed by atoms with van der Waals surface area (Å²) in [5.74, 6) is 1.40. The topological polar surface area (TPSA) is 67.2 Å². The van der Waals surface area contributed by atoms with E-state index >= 15 is 0 Å². The van der Waals surface area contributed by atoms with Gasteiger partial charge in [0.05, 0.1) is 17.6 Å². The molecule has 0 aliphatic heterocycles. The molecule has 0 saturated heterocycles. The van der Waals surface area contributed by atoms with Gasteiger partial charge in [-0.15, -0.1) is 11.3 Å². The summed E-state index contributed by atoms with van der Waals surface area (Å²) in [6.45, 7) is 4.33. The van der Waals surface area contributed by atoms with Crippen molar-refractivity contribution in [1.82, 2.24) is 4.98 Å². The molecule has 0 aliphatic rings. The van der Waals surface area contributed by atoms with E-state index in [1.807, 2.05) is 49.6 Å². The number of nitrogens with zero attached hydrogens (tertiary/aromatic N) is 1. The van der Waals surface area contributed by atoms with Crippen LogP contribution in [0, 0.1) is 6.92 Å². The van der Waals surface area contributed by atoms with Crippen molar-refractivity contribution in [3.63, 3.8) is 0 Å². The van der Waals surface area contributed by atoms with Crippen LogP contribution in [0.25, 0.3) is 10.6 Å². The number of aromatic nitrogens is 1. The minimum atomic E-state index is -0.00176. The Morgan fingerprint density at radius 3 is 2.96 bits per heavy atom. The summed E-state index contributed by atoms with van der Waals surface area (Å²) < 4.78 is 5.77. The van der Waals surface area contributed by atoms with Crippen LogP contribution < -0.4 is 10.6 Å². The highest BCUT2D eigenvalue weighted by atomic mass is 32.1. The molecule has 0 bridgehead atoms. The predicted molar refractivity (Wildman–Crippen MR) is 97.2 cm³/mol. The van der Waals surface area contributed by atoms with Crippen LogP contribution >= 0.6 is 11.3 Å². The molecule has 0 unspecified atom stereocenters. The second-order valence-electron chi connectivity index (χ2n) is 5.38. The van der Waals surface area contributed by atoms with Gasteiger partial charge in [0, 0.05) is 17.8 Å². The molecule has 3 aromatic rings. The Bertz CT molecular complexity index is 825. The summed E-state index contributed by atoms with van der Waals surface area (Å²) >= 11 is 1.62. The Kier molecular flexibility index (Phi) is 4.96.